The van der Waals surface area contributed by atoms with Crippen LogP contribution in [0.3, 0.4) is 0 Å². The van der Waals surface area contributed by atoms with Gasteiger partial charge in [0, 0.05) is 0 Å². The number of alkyl halides is 5. The highest BCUT2D eigenvalue weighted by molar-refractivity contribution is 14.1. The van der Waals surface area contributed by atoms with Crippen molar-refractivity contribution in [3.05, 3.63) is 21.0 Å². The van der Waals surface area contributed by atoms with Crippen molar-refractivity contribution in [1.29, 1.82) is 0 Å². The van der Waals surface area contributed by atoms with Crippen molar-refractivity contribution in [2.75, 3.05) is 0 Å². The zero-order valence-electron chi connectivity index (χ0n) is 7.78. The minimum absolute atomic E-state index is 0.180. The van der Waals surface area contributed by atoms with Gasteiger partial charge in [-0.25, -0.2) is 13.8 Å². The van der Waals surface area contributed by atoms with Crippen LogP contribution in [0.1, 0.15) is 17.7 Å². The molecule has 0 aliphatic carbocycles. The van der Waals surface area contributed by atoms with Gasteiger partial charge in [0.25, 0.3) is 6.43 Å². The lowest BCUT2D eigenvalue weighted by Gasteiger charge is -2.14. The van der Waals surface area contributed by atoms with Gasteiger partial charge in [-0.3, -0.25) is 0 Å². The van der Waals surface area contributed by atoms with Crippen LogP contribution in [0.15, 0.2) is 6.07 Å². The Bertz CT molecular complexity index is 393. The lowest BCUT2D eigenvalue weighted by atomic mass is 10.2. The Labute approximate surface area is 101 Å². The van der Waals surface area contributed by atoms with Crippen LogP contribution in [0, 0.1) is 10.6 Å². The van der Waals surface area contributed by atoms with E-state index in [1.165, 1.54) is 6.92 Å². The predicted molar refractivity (Wildman–Crippen MR) is 53.3 cm³/mol. The molecule has 0 saturated heterocycles. The highest BCUT2D eigenvalue weighted by Gasteiger charge is 2.34. The molecule has 1 aromatic rings. The van der Waals surface area contributed by atoms with Gasteiger partial charge in [-0.1, -0.05) is 0 Å². The summed E-state index contributed by atoms with van der Waals surface area (Å²) < 4.78 is 64.6. The van der Waals surface area contributed by atoms with Crippen LogP contribution < -0.4 is 4.74 Å². The Morgan fingerprint density at radius 3 is 2.38 bits per heavy atom. The molecule has 0 N–H and O–H groups in total. The topological polar surface area (TPSA) is 22.1 Å². The summed E-state index contributed by atoms with van der Waals surface area (Å²) >= 11 is 1.64. The summed E-state index contributed by atoms with van der Waals surface area (Å²) in [6, 6.07) is 0.860. The van der Waals surface area contributed by atoms with E-state index in [-0.39, 0.29) is 9.39 Å². The van der Waals surface area contributed by atoms with Gasteiger partial charge in [0.2, 0.25) is 0 Å². The Balaban J connectivity index is 3.25. The van der Waals surface area contributed by atoms with Crippen molar-refractivity contribution < 1.29 is 26.7 Å². The Hall–Kier alpha value is -0.670. The third kappa shape index (κ3) is 3.42. The fourth-order valence-electron chi connectivity index (χ4n) is 1.06. The molecule has 0 aliphatic heterocycles. The molecule has 0 radical (unpaired) electrons. The van der Waals surface area contributed by atoms with Crippen LogP contribution in [-0.2, 0) is 0 Å². The average molecular weight is 353 g/mol. The van der Waals surface area contributed by atoms with Gasteiger partial charge in [0.1, 0.15) is 3.70 Å². The Morgan fingerprint density at radius 1 is 1.38 bits per heavy atom. The molecule has 2 nitrogen and oxygen atoms in total. The van der Waals surface area contributed by atoms with Crippen molar-refractivity contribution >= 4 is 22.6 Å². The molecule has 1 rings (SSSR count). The number of nitrogens with zero attached hydrogens (tertiary/aromatic N) is 1. The number of halogens is 6. The maximum Gasteiger partial charge on any atom is 0.573 e. The van der Waals surface area contributed by atoms with Gasteiger partial charge in [0.05, 0.1) is 11.3 Å². The number of pyridine rings is 1. The molecule has 1 aromatic heterocycles. The number of hydrogen-bond acceptors (Lipinski definition) is 2. The SMILES string of the molecule is Cc1nc(I)cc(C(F)F)c1OC(F)(F)F. The first-order valence-corrected chi connectivity index (χ1v) is 4.99. The molecule has 0 amide bonds. The average Bonchev–Trinajstić information content (AvgIpc) is 2.07. The molecule has 0 atom stereocenters. The van der Waals surface area contributed by atoms with Crippen LogP contribution in [-0.4, -0.2) is 11.3 Å². The summed E-state index contributed by atoms with van der Waals surface area (Å²) in [5.74, 6) is -0.928. The van der Waals surface area contributed by atoms with Crippen molar-refractivity contribution in [2.24, 2.45) is 0 Å². The molecular formula is C8H5F5INO. The van der Waals surface area contributed by atoms with Gasteiger partial charge >= 0.3 is 6.36 Å². The summed E-state index contributed by atoms with van der Waals surface area (Å²) in [5.41, 5.74) is -1.03. The number of ether oxygens (including phenoxy) is 1. The lowest BCUT2D eigenvalue weighted by Crippen LogP contribution is -2.19. The minimum Gasteiger partial charge on any atom is -0.403 e. The largest absolute Gasteiger partial charge is 0.573 e. The number of rotatable bonds is 2. The van der Waals surface area contributed by atoms with Crippen LogP contribution in [0.4, 0.5) is 22.0 Å². The second kappa shape index (κ2) is 4.68. The van der Waals surface area contributed by atoms with Gasteiger partial charge in [-0.05, 0) is 35.6 Å². The smallest absolute Gasteiger partial charge is 0.403 e. The minimum atomic E-state index is -5.01. The van der Waals surface area contributed by atoms with Crippen LogP contribution in [0.25, 0.3) is 0 Å². The van der Waals surface area contributed by atoms with E-state index in [0.29, 0.717) is 0 Å². The second-order valence-electron chi connectivity index (χ2n) is 2.80. The first-order chi connectivity index (χ1) is 7.20. The molecular weight excluding hydrogens is 348 g/mol. The van der Waals surface area contributed by atoms with Gasteiger partial charge in [-0.15, -0.1) is 13.2 Å². The fraction of sp³-hybridized carbons (Fsp3) is 0.375. The fourth-order valence-corrected chi connectivity index (χ4v) is 1.75. The van der Waals surface area contributed by atoms with Crippen molar-refractivity contribution in [3.63, 3.8) is 0 Å². The molecule has 0 bridgehead atoms. The van der Waals surface area contributed by atoms with E-state index in [1.807, 2.05) is 0 Å². The van der Waals surface area contributed by atoms with E-state index < -0.39 is 24.1 Å². The van der Waals surface area contributed by atoms with Gasteiger partial charge in [0.15, 0.2) is 5.75 Å². The van der Waals surface area contributed by atoms with Crippen molar-refractivity contribution in [3.8, 4) is 5.75 Å². The van der Waals surface area contributed by atoms with Crippen molar-refractivity contribution in [2.45, 2.75) is 19.7 Å². The van der Waals surface area contributed by atoms with Gasteiger partial charge < -0.3 is 4.74 Å². The standard InChI is InChI=1S/C8H5F5INO/c1-3-6(16-8(11,12)13)4(7(9)10)2-5(14)15-3/h2,7H,1H3. The molecule has 1 heterocycles. The predicted octanol–water partition coefficient (Wildman–Crippen LogP) is 3.83. The van der Waals surface area contributed by atoms with Crippen molar-refractivity contribution in [1.82, 2.24) is 4.98 Å². The van der Waals surface area contributed by atoms with E-state index in [0.717, 1.165) is 6.07 Å². The lowest BCUT2D eigenvalue weighted by molar-refractivity contribution is -0.275. The Kier molecular flexibility index (Phi) is 3.92. The monoisotopic (exact) mass is 353 g/mol. The van der Waals surface area contributed by atoms with Crippen LogP contribution in [0.5, 0.6) is 5.75 Å². The third-order valence-electron chi connectivity index (χ3n) is 1.59. The molecule has 0 spiro atoms. The molecule has 90 valence electrons. The highest BCUT2D eigenvalue weighted by Crippen LogP contribution is 2.35. The summed E-state index contributed by atoms with van der Waals surface area (Å²) in [5, 5.41) is 0. The maximum absolute atomic E-state index is 12.5. The zero-order chi connectivity index (χ0) is 12.5. The quantitative estimate of drug-likeness (QED) is 0.458. The highest BCUT2D eigenvalue weighted by atomic mass is 127. The third-order valence-corrected chi connectivity index (χ3v) is 2.15. The first-order valence-electron chi connectivity index (χ1n) is 3.91. The molecule has 0 fully saturated rings. The summed E-state index contributed by atoms with van der Waals surface area (Å²) in [7, 11) is 0. The summed E-state index contributed by atoms with van der Waals surface area (Å²) in [4.78, 5) is 3.63. The van der Waals surface area contributed by atoms with Gasteiger partial charge in [-0.2, -0.15) is 0 Å². The van der Waals surface area contributed by atoms with Crippen LogP contribution >= 0.6 is 22.6 Å². The Morgan fingerprint density at radius 2 is 1.94 bits per heavy atom. The van der Waals surface area contributed by atoms with E-state index in [2.05, 4.69) is 9.72 Å². The number of aromatic nitrogens is 1. The summed E-state index contributed by atoms with van der Waals surface area (Å²) in [6.07, 6.45) is -8.06. The molecule has 0 unspecified atom stereocenters. The zero-order valence-corrected chi connectivity index (χ0v) is 9.94. The normalized spacial score (nSPS) is 12.0. The second-order valence-corrected chi connectivity index (χ2v) is 3.90. The van der Waals surface area contributed by atoms with E-state index >= 15 is 0 Å². The van der Waals surface area contributed by atoms with E-state index in [4.69, 9.17) is 0 Å². The molecule has 8 heteroatoms. The molecule has 0 aliphatic rings. The number of aryl methyl sites for hydroxylation is 1. The number of hydrogen-bond donors (Lipinski definition) is 0. The molecule has 0 aromatic carbocycles. The van der Waals surface area contributed by atoms with E-state index in [9.17, 15) is 22.0 Å². The molecule has 0 saturated carbocycles. The summed E-state index contributed by atoms with van der Waals surface area (Å²) in [6.45, 7) is 1.18. The first kappa shape index (κ1) is 13.4. The van der Waals surface area contributed by atoms with Crippen LogP contribution in [0.2, 0.25) is 0 Å². The molecule has 16 heavy (non-hydrogen) atoms. The maximum atomic E-state index is 12.5. The van der Waals surface area contributed by atoms with E-state index in [1.54, 1.807) is 22.6 Å².